The molecule has 0 bridgehead atoms. The molecular formula is C11H18O6. The number of hydrogen-bond donors (Lipinski definition) is 3. The predicted molar refractivity (Wildman–Crippen MR) is 58.7 cm³/mol. The van der Waals surface area contributed by atoms with Gasteiger partial charge in [-0.05, 0) is 19.3 Å². The highest BCUT2D eigenvalue weighted by atomic mass is 16.4. The smallest absolute Gasteiger partial charge is 0.321 e. The van der Waals surface area contributed by atoms with E-state index in [9.17, 15) is 14.4 Å². The van der Waals surface area contributed by atoms with Crippen LogP contribution in [0.25, 0.3) is 0 Å². The number of carboxylic acid groups (broad SMARTS) is 3. The summed E-state index contributed by atoms with van der Waals surface area (Å²) >= 11 is 0. The molecule has 0 atom stereocenters. The van der Waals surface area contributed by atoms with Gasteiger partial charge in [-0.1, -0.05) is 19.8 Å². The molecule has 0 aromatic heterocycles. The molecule has 98 valence electrons. The number of rotatable bonds is 9. The number of carbonyl (C=O) groups is 3. The van der Waals surface area contributed by atoms with E-state index >= 15 is 0 Å². The topological polar surface area (TPSA) is 112 Å². The molecule has 0 aliphatic carbocycles. The molecule has 0 heterocycles. The Bertz CT molecular complexity index is 282. The van der Waals surface area contributed by atoms with Crippen molar-refractivity contribution in [3.05, 3.63) is 0 Å². The van der Waals surface area contributed by atoms with Gasteiger partial charge in [0, 0.05) is 6.42 Å². The highest BCUT2D eigenvalue weighted by Gasteiger charge is 2.44. The van der Waals surface area contributed by atoms with Crippen LogP contribution in [0.5, 0.6) is 0 Å². The lowest BCUT2D eigenvalue weighted by atomic mass is 9.78. The summed E-state index contributed by atoms with van der Waals surface area (Å²) in [5, 5.41) is 26.5. The van der Waals surface area contributed by atoms with Crippen molar-refractivity contribution in [2.45, 2.75) is 45.4 Å². The van der Waals surface area contributed by atoms with Gasteiger partial charge in [0.2, 0.25) is 0 Å². The summed E-state index contributed by atoms with van der Waals surface area (Å²) in [6.07, 6.45) is 0.995. The van der Waals surface area contributed by atoms with Gasteiger partial charge in [-0.2, -0.15) is 0 Å². The molecule has 6 heteroatoms. The van der Waals surface area contributed by atoms with E-state index in [2.05, 4.69) is 0 Å². The molecule has 0 unspecified atom stereocenters. The lowest BCUT2D eigenvalue weighted by Crippen LogP contribution is -2.39. The molecule has 6 nitrogen and oxygen atoms in total. The van der Waals surface area contributed by atoms with Gasteiger partial charge in [0.05, 0.1) is 0 Å². The third kappa shape index (κ3) is 4.42. The predicted octanol–water partition coefficient (Wildman–Crippen LogP) is 1.59. The Morgan fingerprint density at radius 3 is 1.82 bits per heavy atom. The van der Waals surface area contributed by atoms with Gasteiger partial charge in [0.15, 0.2) is 5.41 Å². The molecule has 0 fully saturated rings. The average molecular weight is 246 g/mol. The second kappa shape index (κ2) is 6.88. The van der Waals surface area contributed by atoms with Crippen LogP contribution in [0.15, 0.2) is 0 Å². The first-order chi connectivity index (χ1) is 7.86. The molecule has 0 amide bonds. The van der Waals surface area contributed by atoms with Gasteiger partial charge in [-0.3, -0.25) is 14.4 Å². The number of carboxylic acids is 3. The molecule has 0 saturated carbocycles. The first-order valence-electron chi connectivity index (χ1n) is 5.55. The minimum Gasteiger partial charge on any atom is -0.481 e. The average Bonchev–Trinajstić information content (AvgIpc) is 2.21. The zero-order valence-corrected chi connectivity index (χ0v) is 9.81. The fraction of sp³-hybridized carbons (Fsp3) is 0.727. The van der Waals surface area contributed by atoms with Gasteiger partial charge in [-0.15, -0.1) is 0 Å². The van der Waals surface area contributed by atoms with E-state index in [1.54, 1.807) is 6.92 Å². The third-order valence-electron chi connectivity index (χ3n) is 2.74. The largest absolute Gasteiger partial charge is 0.481 e. The fourth-order valence-corrected chi connectivity index (χ4v) is 1.77. The maximum atomic E-state index is 11.1. The first kappa shape index (κ1) is 15.4. The molecule has 17 heavy (non-hydrogen) atoms. The van der Waals surface area contributed by atoms with Gasteiger partial charge in [0.1, 0.15) is 0 Å². The van der Waals surface area contributed by atoms with Crippen molar-refractivity contribution < 1.29 is 29.7 Å². The Labute approximate surface area is 99.3 Å². The van der Waals surface area contributed by atoms with Crippen LogP contribution in [0.1, 0.15) is 45.4 Å². The molecule has 0 radical (unpaired) electrons. The molecule has 0 rings (SSSR count). The standard InChI is InChI=1S/C11H18O6/c1-2-6-11(9(14)15,10(16)17)7-4-3-5-8(12)13/h2-7H2,1H3,(H,12,13)(H,14,15)(H,16,17). The van der Waals surface area contributed by atoms with Crippen molar-refractivity contribution in [1.29, 1.82) is 0 Å². The van der Waals surface area contributed by atoms with E-state index in [0.29, 0.717) is 12.8 Å². The Morgan fingerprint density at radius 1 is 0.941 bits per heavy atom. The van der Waals surface area contributed by atoms with Crippen molar-refractivity contribution in [2.75, 3.05) is 0 Å². The van der Waals surface area contributed by atoms with Crippen LogP contribution in [0.3, 0.4) is 0 Å². The second-order valence-electron chi connectivity index (χ2n) is 4.04. The van der Waals surface area contributed by atoms with Gasteiger partial charge < -0.3 is 15.3 Å². The number of unbranched alkanes of at least 4 members (excludes halogenated alkanes) is 1. The van der Waals surface area contributed by atoms with Crippen molar-refractivity contribution >= 4 is 17.9 Å². The maximum absolute atomic E-state index is 11.1. The lowest BCUT2D eigenvalue weighted by Gasteiger charge is -2.24. The minimum absolute atomic E-state index is 0.0290. The molecule has 0 saturated heterocycles. The summed E-state index contributed by atoms with van der Waals surface area (Å²) in [7, 11) is 0. The number of hydrogen-bond acceptors (Lipinski definition) is 3. The van der Waals surface area contributed by atoms with Crippen LogP contribution < -0.4 is 0 Å². The lowest BCUT2D eigenvalue weighted by molar-refractivity contribution is -0.166. The summed E-state index contributed by atoms with van der Waals surface area (Å²) in [5.74, 6) is -3.65. The zero-order valence-electron chi connectivity index (χ0n) is 9.81. The highest BCUT2D eigenvalue weighted by molar-refractivity contribution is 5.98. The second-order valence-corrected chi connectivity index (χ2v) is 4.04. The summed E-state index contributed by atoms with van der Waals surface area (Å²) in [6, 6.07) is 0. The van der Waals surface area contributed by atoms with Crippen molar-refractivity contribution in [3.63, 3.8) is 0 Å². The molecule has 0 aromatic carbocycles. The van der Waals surface area contributed by atoms with Crippen LogP contribution in [0, 0.1) is 5.41 Å². The Balaban J connectivity index is 4.52. The first-order valence-corrected chi connectivity index (χ1v) is 5.55. The molecule has 0 aromatic rings. The quantitative estimate of drug-likeness (QED) is 0.420. The third-order valence-corrected chi connectivity index (χ3v) is 2.74. The summed E-state index contributed by atoms with van der Waals surface area (Å²) in [4.78, 5) is 32.5. The van der Waals surface area contributed by atoms with E-state index in [0.717, 1.165) is 0 Å². The zero-order chi connectivity index (χ0) is 13.5. The molecule has 0 aliphatic rings. The minimum atomic E-state index is -1.77. The van der Waals surface area contributed by atoms with Crippen LogP contribution in [0.2, 0.25) is 0 Å². The number of aliphatic carboxylic acids is 3. The molecule has 0 spiro atoms. The Kier molecular flexibility index (Phi) is 6.23. The van der Waals surface area contributed by atoms with Crippen LogP contribution in [-0.2, 0) is 14.4 Å². The maximum Gasteiger partial charge on any atom is 0.321 e. The Morgan fingerprint density at radius 2 is 1.47 bits per heavy atom. The van der Waals surface area contributed by atoms with E-state index < -0.39 is 23.3 Å². The SMILES string of the molecule is CCCC(CCCCC(=O)O)(C(=O)O)C(=O)O. The van der Waals surface area contributed by atoms with Crippen molar-refractivity contribution in [1.82, 2.24) is 0 Å². The van der Waals surface area contributed by atoms with Gasteiger partial charge in [0.25, 0.3) is 0 Å². The van der Waals surface area contributed by atoms with Gasteiger partial charge >= 0.3 is 17.9 Å². The van der Waals surface area contributed by atoms with Gasteiger partial charge in [-0.25, -0.2) is 0 Å². The molecular weight excluding hydrogens is 228 g/mol. The van der Waals surface area contributed by atoms with E-state index in [4.69, 9.17) is 15.3 Å². The summed E-state index contributed by atoms with van der Waals surface area (Å²) < 4.78 is 0. The highest BCUT2D eigenvalue weighted by Crippen LogP contribution is 2.31. The van der Waals surface area contributed by atoms with E-state index in [-0.39, 0.29) is 25.7 Å². The Hall–Kier alpha value is -1.59. The van der Waals surface area contributed by atoms with Crippen molar-refractivity contribution in [2.24, 2.45) is 5.41 Å². The van der Waals surface area contributed by atoms with Crippen LogP contribution in [0.4, 0.5) is 0 Å². The summed E-state index contributed by atoms with van der Waals surface area (Å²) in [5.41, 5.74) is -1.77. The van der Waals surface area contributed by atoms with E-state index in [1.165, 1.54) is 0 Å². The van der Waals surface area contributed by atoms with Crippen LogP contribution >= 0.6 is 0 Å². The molecule has 3 N–H and O–H groups in total. The molecule has 0 aliphatic heterocycles. The fourth-order valence-electron chi connectivity index (χ4n) is 1.77. The van der Waals surface area contributed by atoms with Crippen LogP contribution in [-0.4, -0.2) is 33.2 Å². The normalized spacial score (nSPS) is 11.1. The summed E-state index contributed by atoms with van der Waals surface area (Å²) in [6.45, 7) is 1.72. The van der Waals surface area contributed by atoms with Crippen molar-refractivity contribution in [3.8, 4) is 0 Å². The monoisotopic (exact) mass is 246 g/mol. The van der Waals surface area contributed by atoms with E-state index in [1.807, 2.05) is 0 Å².